The van der Waals surface area contributed by atoms with E-state index in [4.69, 9.17) is 10.2 Å². The number of hydrogen-bond acceptors (Lipinski definition) is 6. The third-order valence-corrected chi connectivity index (χ3v) is 4.79. The lowest BCUT2D eigenvalue weighted by Gasteiger charge is -2.19. The van der Waals surface area contributed by atoms with Gasteiger partial charge in [0.15, 0.2) is 0 Å². The van der Waals surface area contributed by atoms with Crippen LogP contribution >= 0.6 is 11.9 Å². The molecule has 0 atom stereocenters. The quantitative estimate of drug-likeness (QED) is 0.643. The molecule has 2 heterocycles. The predicted octanol–water partition coefficient (Wildman–Crippen LogP) is 4.86. The number of hydrogen-bond donors (Lipinski definition) is 2. The van der Waals surface area contributed by atoms with Crippen molar-refractivity contribution in [3.05, 3.63) is 54.3 Å². The van der Waals surface area contributed by atoms with Crippen LogP contribution in [0.25, 0.3) is 22.6 Å². The molecule has 0 aliphatic rings. The number of rotatable bonds is 4. The van der Waals surface area contributed by atoms with E-state index in [0.29, 0.717) is 22.6 Å². The second-order valence-corrected chi connectivity index (χ2v) is 7.76. The molecule has 0 fully saturated rings. The SMILES string of the molecule is CC(C)(C)NSc1ccc(-c2cc(-c3ccco3)c(C#N)c(N)n2)cc1. The van der Waals surface area contributed by atoms with Crippen LogP contribution in [0.2, 0.25) is 0 Å². The van der Waals surface area contributed by atoms with Crippen molar-refractivity contribution < 1.29 is 4.42 Å². The lowest BCUT2D eigenvalue weighted by atomic mass is 10.0. The number of nitriles is 1. The molecule has 5 nitrogen and oxygen atoms in total. The van der Waals surface area contributed by atoms with E-state index in [1.54, 1.807) is 30.3 Å². The summed E-state index contributed by atoms with van der Waals surface area (Å²) in [7, 11) is 0. The van der Waals surface area contributed by atoms with Crippen LogP contribution in [0.1, 0.15) is 26.3 Å². The molecule has 0 unspecified atom stereocenters. The highest BCUT2D eigenvalue weighted by Crippen LogP contribution is 2.32. The summed E-state index contributed by atoms with van der Waals surface area (Å²) >= 11 is 1.59. The molecule has 6 heteroatoms. The van der Waals surface area contributed by atoms with Gasteiger partial charge in [-0.2, -0.15) is 5.26 Å². The maximum Gasteiger partial charge on any atom is 0.142 e. The van der Waals surface area contributed by atoms with Crippen molar-refractivity contribution in [3.8, 4) is 28.7 Å². The summed E-state index contributed by atoms with van der Waals surface area (Å²) in [5.41, 5.74) is 8.64. The summed E-state index contributed by atoms with van der Waals surface area (Å²) in [6.45, 7) is 6.36. The summed E-state index contributed by atoms with van der Waals surface area (Å²) in [4.78, 5) is 5.50. The van der Waals surface area contributed by atoms with Crippen molar-refractivity contribution in [2.24, 2.45) is 0 Å². The van der Waals surface area contributed by atoms with Crippen molar-refractivity contribution >= 4 is 17.8 Å². The van der Waals surface area contributed by atoms with Gasteiger partial charge >= 0.3 is 0 Å². The Kier molecular flexibility index (Phi) is 5.03. The van der Waals surface area contributed by atoms with Crippen molar-refractivity contribution in [2.75, 3.05) is 5.73 Å². The molecular weight excluding hydrogens is 344 g/mol. The van der Waals surface area contributed by atoms with Crippen molar-refractivity contribution in [1.82, 2.24) is 9.71 Å². The fraction of sp³-hybridized carbons (Fsp3) is 0.200. The van der Waals surface area contributed by atoms with Gasteiger partial charge < -0.3 is 10.2 Å². The van der Waals surface area contributed by atoms with Gasteiger partial charge in [-0.05, 0) is 63.1 Å². The zero-order valence-corrected chi connectivity index (χ0v) is 15.7. The predicted molar refractivity (Wildman–Crippen MR) is 105 cm³/mol. The number of nitrogens with zero attached hydrogens (tertiary/aromatic N) is 2. The molecule has 0 aliphatic carbocycles. The standard InChI is InChI=1S/C20H20N4OS/c1-20(2,3)24-26-14-8-6-13(7-9-14)17-11-15(18-5-4-10-25-18)16(12-21)19(22)23-17/h4-11,24H,1-3H3,(H2,22,23). The fourth-order valence-corrected chi connectivity index (χ4v) is 3.06. The van der Waals surface area contributed by atoms with E-state index in [1.807, 2.05) is 30.3 Å². The monoisotopic (exact) mass is 364 g/mol. The van der Waals surface area contributed by atoms with Gasteiger partial charge in [-0.25, -0.2) is 4.98 Å². The van der Waals surface area contributed by atoms with Crippen molar-refractivity contribution in [1.29, 1.82) is 5.26 Å². The summed E-state index contributed by atoms with van der Waals surface area (Å²) in [6, 6.07) is 15.6. The summed E-state index contributed by atoms with van der Waals surface area (Å²) in [6.07, 6.45) is 1.57. The first-order valence-corrected chi connectivity index (χ1v) is 8.98. The van der Waals surface area contributed by atoms with Crippen LogP contribution in [-0.4, -0.2) is 10.5 Å². The Labute approximate surface area is 157 Å². The zero-order chi connectivity index (χ0) is 18.7. The molecule has 0 saturated carbocycles. The van der Waals surface area contributed by atoms with Crippen LogP contribution in [0.15, 0.2) is 58.0 Å². The Morgan fingerprint density at radius 3 is 2.50 bits per heavy atom. The van der Waals surface area contributed by atoms with Gasteiger partial charge in [0.25, 0.3) is 0 Å². The minimum Gasteiger partial charge on any atom is -0.464 e. The molecule has 3 N–H and O–H groups in total. The molecule has 0 bridgehead atoms. The number of pyridine rings is 1. The van der Waals surface area contributed by atoms with Crippen molar-refractivity contribution in [2.45, 2.75) is 31.2 Å². The third-order valence-electron chi connectivity index (χ3n) is 3.57. The largest absolute Gasteiger partial charge is 0.464 e. The van der Waals surface area contributed by atoms with E-state index in [-0.39, 0.29) is 11.4 Å². The number of nitrogens with one attached hydrogen (secondary N) is 1. The average Bonchev–Trinajstić information content (AvgIpc) is 3.13. The van der Waals surface area contributed by atoms with E-state index in [1.165, 1.54) is 0 Å². The maximum atomic E-state index is 9.40. The summed E-state index contributed by atoms with van der Waals surface area (Å²) in [5.74, 6) is 0.794. The van der Waals surface area contributed by atoms with E-state index in [9.17, 15) is 5.26 Å². The van der Waals surface area contributed by atoms with Crippen LogP contribution < -0.4 is 10.5 Å². The van der Waals surface area contributed by atoms with Crippen LogP contribution in [0.4, 0.5) is 5.82 Å². The Morgan fingerprint density at radius 2 is 1.92 bits per heavy atom. The highest BCUT2D eigenvalue weighted by Gasteiger charge is 2.15. The topological polar surface area (TPSA) is 87.9 Å². The van der Waals surface area contributed by atoms with Gasteiger partial charge in [-0.3, -0.25) is 4.72 Å². The summed E-state index contributed by atoms with van der Waals surface area (Å²) < 4.78 is 8.83. The molecule has 0 amide bonds. The third kappa shape index (κ3) is 4.07. The lowest BCUT2D eigenvalue weighted by molar-refractivity contribution is 0.535. The van der Waals surface area contributed by atoms with Gasteiger partial charge in [-0.1, -0.05) is 12.1 Å². The second kappa shape index (κ2) is 7.24. The minimum atomic E-state index is 0.0322. The Morgan fingerprint density at radius 1 is 1.19 bits per heavy atom. The van der Waals surface area contributed by atoms with Crippen LogP contribution in [-0.2, 0) is 0 Å². The van der Waals surface area contributed by atoms with Gasteiger partial charge in [0.05, 0.1) is 12.0 Å². The maximum absolute atomic E-state index is 9.40. The molecule has 0 aliphatic heterocycles. The van der Waals surface area contributed by atoms with Crippen LogP contribution in [0.5, 0.6) is 0 Å². The molecule has 0 spiro atoms. The molecule has 0 radical (unpaired) electrons. The fourth-order valence-electron chi connectivity index (χ4n) is 2.36. The number of benzene rings is 1. The highest BCUT2D eigenvalue weighted by atomic mass is 32.2. The summed E-state index contributed by atoms with van der Waals surface area (Å²) in [5, 5.41) is 9.40. The minimum absolute atomic E-state index is 0.0322. The Hall–Kier alpha value is -2.75. The lowest BCUT2D eigenvalue weighted by Crippen LogP contribution is -2.29. The normalized spacial score (nSPS) is 11.3. The zero-order valence-electron chi connectivity index (χ0n) is 14.9. The number of anilines is 1. The van der Waals surface area contributed by atoms with Crippen LogP contribution in [0.3, 0.4) is 0 Å². The van der Waals surface area contributed by atoms with E-state index >= 15 is 0 Å². The van der Waals surface area contributed by atoms with E-state index in [2.05, 4.69) is 36.5 Å². The van der Waals surface area contributed by atoms with Crippen molar-refractivity contribution in [3.63, 3.8) is 0 Å². The average molecular weight is 364 g/mol. The number of aromatic nitrogens is 1. The first kappa shape index (κ1) is 18.1. The van der Waals surface area contributed by atoms with Gasteiger partial charge in [0.1, 0.15) is 23.2 Å². The molecule has 26 heavy (non-hydrogen) atoms. The molecule has 2 aromatic heterocycles. The number of nitrogen functional groups attached to an aromatic ring is 1. The second-order valence-electron chi connectivity index (χ2n) is 6.88. The molecule has 1 aromatic carbocycles. The van der Waals surface area contributed by atoms with E-state index in [0.717, 1.165) is 10.5 Å². The molecule has 132 valence electrons. The Balaban J connectivity index is 1.94. The molecular formula is C20H20N4OS. The first-order valence-electron chi connectivity index (χ1n) is 8.16. The van der Waals surface area contributed by atoms with E-state index < -0.39 is 0 Å². The van der Waals surface area contributed by atoms with Gasteiger partial charge in [0, 0.05) is 21.6 Å². The highest BCUT2D eigenvalue weighted by molar-refractivity contribution is 7.97. The Bertz CT molecular complexity index is 936. The first-order chi connectivity index (χ1) is 12.4. The smallest absolute Gasteiger partial charge is 0.142 e. The molecule has 0 saturated heterocycles. The number of nitrogens with two attached hydrogens (primary N) is 1. The van der Waals surface area contributed by atoms with Crippen LogP contribution in [0, 0.1) is 11.3 Å². The van der Waals surface area contributed by atoms with Gasteiger partial charge in [-0.15, -0.1) is 0 Å². The number of furan rings is 1. The van der Waals surface area contributed by atoms with Gasteiger partial charge in [0.2, 0.25) is 0 Å². The molecule has 3 rings (SSSR count). The molecule has 3 aromatic rings.